The van der Waals surface area contributed by atoms with Crippen LogP contribution < -0.4 is 5.73 Å². The van der Waals surface area contributed by atoms with Crippen LogP contribution in [0.5, 0.6) is 0 Å². The van der Waals surface area contributed by atoms with Gasteiger partial charge in [-0.1, -0.05) is 13.3 Å². The van der Waals surface area contributed by atoms with Gasteiger partial charge in [0.15, 0.2) is 0 Å². The second-order valence-corrected chi connectivity index (χ2v) is 5.05. The summed E-state index contributed by atoms with van der Waals surface area (Å²) in [5.74, 6) is 0.239. The number of carbonyl (C=O) groups is 1. The number of nitrogens with two attached hydrogens (primary N) is 1. The minimum atomic E-state index is 0.239. The highest BCUT2D eigenvalue weighted by molar-refractivity contribution is 5.76. The van der Waals surface area contributed by atoms with Crippen LogP contribution in [0.3, 0.4) is 0 Å². The molecule has 1 saturated heterocycles. The lowest BCUT2D eigenvalue weighted by molar-refractivity contribution is -0.132. The summed E-state index contributed by atoms with van der Waals surface area (Å²) in [6.07, 6.45) is 7.46. The summed E-state index contributed by atoms with van der Waals surface area (Å²) in [7, 11) is 0. The molecule has 2 N–H and O–H groups in total. The van der Waals surface area contributed by atoms with E-state index in [1.54, 1.807) is 0 Å². The van der Waals surface area contributed by atoms with Crippen molar-refractivity contribution in [2.24, 2.45) is 5.73 Å². The second kappa shape index (κ2) is 9.34. The topological polar surface area (TPSA) is 55.6 Å². The van der Waals surface area contributed by atoms with Crippen molar-refractivity contribution in [1.82, 2.24) is 4.90 Å². The SMILES string of the molecule is CCCCN(CCN)C(=O)CCC1CCCCO1. The van der Waals surface area contributed by atoms with Gasteiger partial charge in [-0.15, -0.1) is 0 Å². The average Bonchev–Trinajstić information content (AvgIpc) is 2.42. The fourth-order valence-electron chi connectivity index (χ4n) is 2.34. The molecule has 18 heavy (non-hydrogen) atoms. The molecule has 4 nitrogen and oxygen atoms in total. The fraction of sp³-hybridized carbons (Fsp3) is 0.929. The third-order valence-electron chi connectivity index (χ3n) is 3.49. The molecule has 4 heteroatoms. The van der Waals surface area contributed by atoms with Gasteiger partial charge in [0.1, 0.15) is 0 Å². The highest BCUT2D eigenvalue weighted by Crippen LogP contribution is 2.17. The van der Waals surface area contributed by atoms with Gasteiger partial charge < -0.3 is 15.4 Å². The van der Waals surface area contributed by atoms with E-state index in [9.17, 15) is 4.79 Å². The van der Waals surface area contributed by atoms with Crippen LogP contribution in [0.1, 0.15) is 51.9 Å². The Morgan fingerprint density at radius 2 is 2.22 bits per heavy atom. The van der Waals surface area contributed by atoms with E-state index in [0.29, 0.717) is 25.6 Å². The Morgan fingerprint density at radius 1 is 1.39 bits per heavy atom. The van der Waals surface area contributed by atoms with Crippen molar-refractivity contribution >= 4 is 5.91 Å². The van der Waals surface area contributed by atoms with E-state index in [-0.39, 0.29) is 5.91 Å². The van der Waals surface area contributed by atoms with Crippen LogP contribution in [0.25, 0.3) is 0 Å². The summed E-state index contributed by atoms with van der Waals surface area (Å²) in [5, 5.41) is 0. The average molecular weight is 256 g/mol. The standard InChI is InChI=1S/C14H28N2O2/c1-2-3-10-16(11-9-15)14(17)8-7-13-6-4-5-12-18-13/h13H,2-12,15H2,1H3. The summed E-state index contributed by atoms with van der Waals surface area (Å²) < 4.78 is 5.65. The number of ether oxygens (including phenoxy) is 1. The molecule has 0 bridgehead atoms. The molecule has 0 aromatic rings. The van der Waals surface area contributed by atoms with Crippen LogP contribution in [0.4, 0.5) is 0 Å². The molecule has 1 unspecified atom stereocenters. The first-order chi connectivity index (χ1) is 8.77. The Bertz CT molecular complexity index is 228. The van der Waals surface area contributed by atoms with Crippen LogP contribution in [0.15, 0.2) is 0 Å². The van der Waals surface area contributed by atoms with Gasteiger partial charge in [-0.2, -0.15) is 0 Å². The number of carbonyl (C=O) groups excluding carboxylic acids is 1. The summed E-state index contributed by atoms with van der Waals surface area (Å²) in [6.45, 7) is 5.08. The lowest BCUT2D eigenvalue weighted by atomic mass is 10.0. The van der Waals surface area contributed by atoms with Gasteiger partial charge in [-0.25, -0.2) is 0 Å². The van der Waals surface area contributed by atoms with E-state index in [4.69, 9.17) is 10.5 Å². The van der Waals surface area contributed by atoms with Crippen molar-refractivity contribution in [3.05, 3.63) is 0 Å². The molecule has 0 aromatic heterocycles. The normalized spacial score (nSPS) is 19.8. The maximum Gasteiger partial charge on any atom is 0.222 e. The van der Waals surface area contributed by atoms with Crippen LogP contribution in [-0.2, 0) is 9.53 Å². The zero-order chi connectivity index (χ0) is 13.2. The zero-order valence-electron chi connectivity index (χ0n) is 11.7. The van der Waals surface area contributed by atoms with E-state index < -0.39 is 0 Å². The first-order valence-electron chi connectivity index (χ1n) is 7.37. The Hall–Kier alpha value is -0.610. The van der Waals surface area contributed by atoms with Crippen molar-refractivity contribution in [3.63, 3.8) is 0 Å². The fourth-order valence-corrected chi connectivity index (χ4v) is 2.34. The number of hydrogen-bond acceptors (Lipinski definition) is 3. The zero-order valence-corrected chi connectivity index (χ0v) is 11.7. The van der Waals surface area contributed by atoms with Crippen LogP contribution in [0, 0.1) is 0 Å². The lowest BCUT2D eigenvalue weighted by Gasteiger charge is -2.25. The molecule has 1 amide bonds. The van der Waals surface area contributed by atoms with Gasteiger partial charge in [0.05, 0.1) is 6.10 Å². The van der Waals surface area contributed by atoms with Gasteiger partial charge in [0.2, 0.25) is 5.91 Å². The molecule has 1 aliphatic rings. The Morgan fingerprint density at radius 3 is 2.83 bits per heavy atom. The van der Waals surface area contributed by atoms with Crippen LogP contribution in [-0.4, -0.2) is 43.2 Å². The summed E-state index contributed by atoms with van der Waals surface area (Å²) in [4.78, 5) is 14.0. The Kier molecular flexibility index (Phi) is 8.01. The second-order valence-electron chi connectivity index (χ2n) is 5.05. The van der Waals surface area contributed by atoms with Crippen molar-refractivity contribution in [1.29, 1.82) is 0 Å². The first kappa shape index (κ1) is 15.4. The molecule has 1 fully saturated rings. The third-order valence-corrected chi connectivity index (χ3v) is 3.49. The smallest absolute Gasteiger partial charge is 0.222 e. The molecule has 1 atom stereocenters. The molecule has 0 aliphatic carbocycles. The lowest BCUT2D eigenvalue weighted by Crippen LogP contribution is -2.36. The van der Waals surface area contributed by atoms with Gasteiger partial charge in [-0.05, 0) is 32.1 Å². The summed E-state index contributed by atoms with van der Waals surface area (Å²) >= 11 is 0. The molecule has 0 spiro atoms. The minimum Gasteiger partial charge on any atom is -0.378 e. The van der Waals surface area contributed by atoms with E-state index >= 15 is 0 Å². The predicted octanol–water partition coefficient (Wildman–Crippen LogP) is 1.92. The maximum absolute atomic E-state index is 12.1. The van der Waals surface area contributed by atoms with Crippen molar-refractivity contribution in [2.45, 2.75) is 58.0 Å². The van der Waals surface area contributed by atoms with E-state index in [1.165, 1.54) is 12.8 Å². The predicted molar refractivity (Wildman–Crippen MR) is 73.4 cm³/mol. The molecular weight excluding hydrogens is 228 g/mol. The maximum atomic E-state index is 12.1. The quantitative estimate of drug-likeness (QED) is 0.722. The van der Waals surface area contributed by atoms with Crippen molar-refractivity contribution in [2.75, 3.05) is 26.2 Å². The molecular formula is C14H28N2O2. The minimum absolute atomic E-state index is 0.239. The summed E-state index contributed by atoms with van der Waals surface area (Å²) in [6, 6.07) is 0. The molecule has 1 heterocycles. The molecule has 106 valence electrons. The van der Waals surface area contributed by atoms with Crippen molar-refractivity contribution < 1.29 is 9.53 Å². The monoisotopic (exact) mass is 256 g/mol. The van der Waals surface area contributed by atoms with Gasteiger partial charge in [0, 0.05) is 32.7 Å². The number of amides is 1. The Labute approximate surface area is 111 Å². The van der Waals surface area contributed by atoms with Crippen molar-refractivity contribution in [3.8, 4) is 0 Å². The molecule has 1 rings (SSSR count). The number of nitrogens with zero attached hydrogens (tertiary/aromatic N) is 1. The van der Waals surface area contributed by atoms with Gasteiger partial charge >= 0.3 is 0 Å². The number of hydrogen-bond donors (Lipinski definition) is 1. The molecule has 0 saturated carbocycles. The number of rotatable bonds is 8. The number of unbranched alkanes of at least 4 members (excludes halogenated alkanes) is 1. The third kappa shape index (κ3) is 5.83. The van der Waals surface area contributed by atoms with Crippen LogP contribution >= 0.6 is 0 Å². The highest BCUT2D eigenvalue weighted by Gasteiger charge is 2.18. The van der Waals surface area contributed by atoms with E-state index in [1.807, 2.05) is 4.90 Å². The highest BCUT2D eigenvalue weighted by atomic mass is 16.5. The van der Waals surface area contributed by atoms with Gasteiger partial charge in [0.25, 0.3) is 0 Å². The van der Waals surface area contributed by atoms with E-state index in [2.05, 4.69) is 6.92 Å². The van der Waals surface area contributed by atoms with Crippen LogP contribution in [0.2, 0.25) is 0 Å². The first-order valence-corrected chi connectivity index (χ1v) is 7.37. The van der Waals surface area contributed by atoms with E-state index in [0.717, 1.165) is 38.8 Å². The largest absolute Gasteiger partial charge is 0.378 e. The van der Waals surface area contributed by atoms with Gasteiger partial charge in [-0.3, -0.25) is 4.79 Å². The molecule has 0 radical (unpaired) electrons. The summed E-state index contributed by atoms with van der Waals surface area (Å²) in [5.41, 5.74) is 5.56. The molecule has 0 aromatic carbocycles. The Balaban J connectivity index is 2.26. The molecule has 1 aliphatic heterocycles.